The van der Waals surface area contributed by atoms with Crippen LogP contribution in [0.15, 0.2) is 0 Å². The summed E-state index contributed by atoms with van der Waals surface area (Å²) < 4.78 is 17.3. The fourth-order valence-corrected chi connectivity index (χ4v) is 2.26. The quantitative estimate of drug-likeness (QED) is 0.533. The second kappa shape index (κ2) is 7.15. The summed E-state index contributed by atoms with van der Waals surface area (Å²) in [6.07, 6.45) is 0.497. The number of hydrogen-bond acceptors (Lipinski definition) is 3. The van der Waals surface area contributed by atoms with Crippen LogP contribution in [0, 0.1) is 5.92 Å². The van der Waals surface area contributed by atoms with Crippen molar-refractivity contribution >= 4 is 17.7 Å². The Morgan fingerprint density at radius 1 is 1.38 bits per heavy atom. The van der Waals surface area contributed by atoms with Gasteiger partial charge in [-0.3, -0.25) is 9.18 Å². The van der Waals surface area contributed by atoms with Crippen LogP contribution in [-0.4, -0.2) is 29.2 Å². The van der Waals surface area contributed by atoms with E-state index in [-0.39, 0.29) is 23.8 Å². The highest BCUT2D eigenvalue weighted by atomic mass is 32.2. The summed E-state index contributed by atoms with van der Waals surface area (Å²) >= 11 is 1.49. The van der Waals surface area contributed by atoms with Gasteiger partial charge in [-0.2, -0.15) is 0 Å². The lowest BCUT2D eigenvalue weighted by Crippen LogP contribution is -2.33. The van der Waals surface area contributed by atoms with Crippen molar-refractivity contribution < 1.29 is 13.9 Å². The molecule has 0 aliphatic rings. The zero-order valence-corrected chi connectivity index (χ0v) is 11.7. The van der Waals surface area contributed by atoms with E-state index in [2.05, 4.69) is 0 Å². The third kappa shape index (κ3) is 7.09. The molecular weight excluding hydrogens is 227 g/mol. The minimum absolute atomic E-state index is 0.189. The Morgan fingerprint density at radius 2 is 1.94 bits per heavy atom. The van der Waals surface area contributed by atoms with Gasteiger partial charge in [-0.05, 0) is 38.9 Å². The van der Waals surface area contributed by atoms with E-state index in [0.29, 0.717) is 12.2 Å². The average Bonchev–Trinajstić information content (AvgIpc) is 2.08. The molecule has 0 bridgehead atoms. The molecule has 0 aliphatic heterocycles. The number of rotatable bonds is 6. The molecule has 0 radical (unpaired) electrons. The maximum absolute atomic E-state index is 12.0. The van der Waals surface area contributed by atoms with Crippen LogP contribution < -0.4 is 0 Å². The minimum atomic E-state index is -0.453. The van der Waals surface area contributed by atoms with Gasteiger partial charge in [0, 0.05) is 0 Å². The summed E-state index contributed by atoms with van der Waals surface area (Å²) in [5.74, 6) is 0.685. The number of esters is 1. The monoisotopic (exact) mass is 250 g/mol. The fraction of sp³-hybridized carbons (Fsp3) is 0.917. The number of alkyl halides is 1. The number of carbonyl (C=O) groups excluding carboxylic acids is 1. The predicted molar refractivity (Wildman–Crippen MR) is 67.5 cm³/mol. The van der Waals surface area contributed by atoms with Gasteiger partial charge < -0.3 is 4.74 Å². The summed E-state index contributed by atoms with van der Waals surface area (Å²) in [6.45, 7) is 9.21. The zero-order chi connectivity index (χ0) is 12.8. The highest BCUT2D eigenvalue weighted by molar-refractivity contribution is 8.00. The molecule has 0 saturated heterocycles. The number of ether oxygens (including phenoxy) is 1. The molecule has 0 spiro atoms. The molecule has 16 heavy (non-hydrogen) atoms. The highest BCUT2D eigenvalue weighted by Crippen LogP contribution is 2.24. The Labute approximate surface area is 102 Å². The number of thioether (sulfide) groups is 1. The first kappa shape index (κ1) is 15.8. The van der Waals surface area contributed by atoms with Gasteiger partial charge in [0.05, 0.1) is 6.67 Å². The molecule has 1 atom stereocenters. The molecular formula is C12H23FO2S. The first-order chi connectivity index (χ1) is 7.28. The average molecular weight is 250 g/mol. The summed E-state index contributed by atoms with van der Waals surface area (Å²) in [7, 11) is 0. The lowest BCUT2D eigenvalue weighted by atomic mass is 10.1. The molecule has 96 valence electrons. The maximum Gasteiger partial charge on any atom is 0.319 e. The van der Waals surface area contributed by atoms with E-state index in [4.69, 9.17) is 4.74 Å². The summed E-state index contributed by atoms with van der Waals surface area (Å²) in [5.41, 5.74) is -0.453. The molecule has 0 rings (SSSR count). The largest absolute Gasteiger partial charge is 0.459 e. The van der Waals surface area contributed by atoms with E-state index in [1.807, 2.05) is 34.6 Å². The van der Waals surface area contributed by atoms with Crippen LogP contribution in [0.3, 0.4) is 0 Å². The van der Waals surface area contributed by atoms with Crippen LogP contribution >= 0.6 is 11.8 Å². The van der Waals surface area contributed by atoms with E-state index in [1.165, 1.54) is 11.8 Å². The van der Waals surface area contributed by atoms with Gasteiger partial charge in [0.15, 0.2) is 0 Å². The van der Waals surface area contributed by atoms with Gasteiger partial charge in [-0.1, -0.05) is 13.8 Å². The third-order valence-electron chi connectivity index (χ3n) is 1.82. The molecule has 0 saturated carbocycles. The van der Waals surface area contributed by atoms with Crippen LogP contribution in [-0.2, 0) is 9.53 Å². The normalized spacial score (nSPS) is 13.9. The molecule has 0 N–H and O–H groups in total. The Hall–Kier alpha value is -0.250. The van der Waals surface area contributed by atoms with Crippen molar-refractivity contribution in [3.05, 3.63) is 0 Å². The molecule has 0 aromatic heterocycles. The predicted octanol–water partition coefficient (Wildman–Crippen LogP) is 3.45. The van der Waals surface area contributed by atoms with Crippen LogP contribution in [0.4, 0.5) is 4.39 Å². The SMILES string of the molecule is CC(C)C(SCCCF)C(=O)OC(C)(C)C. The number of carbonyl (C=O) groups is 1. The molecule has 0 amide bonds. The molecule has 1 unspecified atom stereocenters. The molecule has 2 nitrogen and oxygen atoms in total. The lowest BCUT2D eigenvalue weighted by Gasteiger charge is -2.25. The van der Waals surface area contributed by atoms with E-state index in [9.17, 15) is 9.18 Å². The standard InChI is InChI=1S/C12H23FO2S/c1-9(2)10(16-8-6-7-13)11(14)15-12(3,4)5/h9-10H,6-8H2,1-5H3. The molecule has 0 aromatic carbocycles. The number of halogens is 1. The second-order valence-electron chi connectivity index (χ2n) is 5.11. The van der Waals surface area contributed by atoms with Crippen molar-refractivity contribution in [3.63, 3.8) is 0 Å². The van der Waals surface area contributed by atoms with E-state index >= 15 is 0 Å². The molecule has 0 aromatic rings. The fourth-order valence-electron chi connectivity index (χ4n) is 1.16. The van der Waals surface area contributed by atoms with E-state index in [0.717, 1.165) is 0 Å². The Kier molecular flexibility index (Phi) is 7.04. The number of hydrogen-bond donors (Lipinski definition) is 0. The molecule has 0 fully saturated rings. The first-order valence-corrected chi connectivity index (χ1v) is 6.73. The van der Waals surface area contributed by atoms with Gasteiger partial charge in [0.1, 0.15) is 10.9 Å². The van der Waals surface area contributed by atoms with Gasteiger partial charge in [-0.15, -0.1) is 11.8 Å². The topological polar surface area (TPSA) is 26.3 Å². The van der Waals surface area contributed by atoms with Gasteiger partial charge in [-0.25, -0.2) is 0 Å². The molecule has 0 aliphatic carbocycles. The van der Waals surface area contributed by atoms with Crippen molar-refractivity contribution in [2.45, 2.75) is 51.9 Å². The smallest absolute Gasteiger partial charge is 0.319 e. The zero-order valence-electron chi connectivity index (χ0n) is 10.9. The minimum Gasteiger partial charge on any atom is -0.459 e. The summed E-state index contributed by atoms with van der Waals surface area (Å²) in [4.78, 5) is 11.9. The Bertz CT molecular complexity index is 212. The molecule has 0 heterocycles. The summed E-state index contributed by atoms with van der Waals surface area (Å²) in [6, 6.07) is 0. The van der Waals surface area contributed by atoms with Crippen molar-refractivity contribution in [2.24, 2.45) is 5.92 Å². The van der Waals surface area contributed by atoms with Crippen molar-refractivity contribution in [1.29, 1.82) is 0 Å². The third-order valence-corrected chi connectivity index (χ3v) is 3.44. The lowest BCUT2D eigenvalue weighted by molar-refractivity contribution is -0.154. The van der Waals surface area contributed by atoms with Crippen LogP contribution in [0.25, 0.3) is 0 Å². The van der Waals surface area contributed by atoms with Gasteiger partial charge in [0.25, 0.3) is 0 Å². The molecule has 4 heteroatoms. The van der Waals surface area contributed by atoms with Gasteiger partial charge >= 0.3 is 5.97 Å². The Morgan fingerprint density at radius 3 is 2.31 bits per heavy atom. The van der Waals surface area contributed by atoms with Crippen LogP contribution in [0.2, 0.25) is 0 Å². The van der Waals surface area contributed by atoms with E-state index in [1.54, 1.807) is 0 Å². The van der Waals surface area contributed by atoms with Crippen molar-refractivity contribution in [1.82, 2.24) is 0 Å². The second-order valence-corrected chi connectivity index (χ2v) is 6.36. The maximum atomic E-state index is 12.0. The highest BCUT2D eigenvalue weighted by Gasteiger charge is 2.27. The Balaban J connectivity index is 4.25. The van der Waals surface area contributed by atoms with Crippen LogP contribution in [0.5, 0.6) is 0 Å². The van der Waals surface area contributed by atoms with Gasteiger partial charge in [0.2, 0.25) is 0 Å². The van der Waals surface area contributed by atoms with Crippen molar-refractivity contribution in [2.75, 3.05) is 12.4 Å². The van der Waals surface area contributed by atoms with Crippen LogP contribution in [0.1, 0.15) is 41.0 Å². The first-order valence-electron chi connectivity index (χ1n) is 5.68. The summed E-state index contributed by atoms with van der Waals surface area (Å²) in [5, 5.41) is -0.189. The van der Waals surface area contributed by atoms with E-state index < -0.39 is 5.60 Å². The van der Waals surface area contributed by atoms with Crippen molar-refractivity contribution in [3.8, 4) is 0 Å².